The molecule has 1 heterocycles. The fourth-order valence-electron chi connectivity index (χ4n) is 2.24. The quantitative estimate of drug-likeness (QED) is 0.752. The van der Waals surface area contributed by atoms with E-state index in [0.29, 0.717) is 11.0 Å². The minimum atomic E-state index is -0.649. The van der Waals surface area contributed by atoms with Crippen molar-refractivity contribution < 1.29 is 19.1 Å². The van der Waals surface area contributed by atoms with Gasteiger partial charge in [0.15, 0.2) is 11.9 Å². The van der Waals surface area contributed by atoms with Gasteiger partial charge in [0.25, 0.3) is 0 Å². The summed E-state index contributed by atoms with van der Waals surface area (Å²) in [6, 6.07) is 9.63. The first-order valence-corrected chi connectivity index (χ1v) is 6.83. The van der Waals surface area contributed by atoms with Gasteiger partial charge in [-0.15, -0.1) is 0 Å². The van der Waals surface area contributed by atoms with Gasteiger partial charge in [-0.2, -0.15) is 0 Å². The van der Waals surface area contributed by atoms with Gasteiger partial charge in [-0.1, -0.05) is 12.1 Å². The number of ketones is 1. The summed E-state index contributed by atoms with van der Waals surface area (Å²) >= 11 is 0. The summed E-state index contributed by atoms with van der Waals surface area (Å²) in [7, 11) is 0. The maximum Gasteiger partial charge on any atom is 0.204 e. The van der Waals surface area contributed by atoms with Gasteiger partial charge in [-0.25, -0.2) is 0 Å². The lowest BCUT2D eigenvalue weighted by atomic mass is 10.1. The molecule has 1 aromatic heterocycles. The van der Waals surface area contributed by atoms with E-state index in [1.165, 1.54) is 19.1 Å². The van der Waals surface area contributed by atoms with Gasteiger partial charge in [0.1, 0.15) is 28.1 Å². The second kappa shape index (κ2) is 5.18. The molecule has 0 spiro atoms. The Hall–Kier alpha value is -2.82. The van der Waals surface area contributed by atoms with Gasteiger partial charge in [0.2, 0.25) is 5.43 Å². The van der Waals surface area contributed by atoms with Crippen molar-refractivity contribution >= 4 is 27.7 Å². The molecule has 22 heavy (non-hydrogen) atoms. The molecule has 0 bridgehead atoms. The molecule has 0 saturated heterocycles. The Kier molecular flexibility index (Phi) is 3.33. The molecular weight excluding hydrogens is 284 g/mol. The molecule has 0 aliphatic rings. The van der Waals surface area contributed by atoms with E-state index in [4.69, 9.17) is 9.15 Å². The van der Waals surface area contributed by atoms with E-state index in [0.717, 1.165) is 0 Å². The molecule has 112 valence electrons. The number of phenols is 1. The second-order valence-corrected chi connectivity index (χ2v) is 5.11. The van der Waals surface area contributed by atoms with Gasteiger partial charge in [-0.05, 0) is 26.0 Å². The zero-order valence-electron chi connectivity index (χ0n) is 12.1. The summed E-state index contributed by atoms with van der Waals surface area (Å²) in [5.41, 5.74) is 0.339. The summed E-state index contributed by atoms with van der Waals surface area (Å²) in [5.74, 6) is -0.103. The van der Waals surface area contributed by atoms with Gasteiger partial charge < -0.3 is 14.3 Å². The molecule has 0 aliphatic heterocycles. The largest absolute Gasteiger partial charge is 0.507 e. The zero-order chi connectivity index (χ0) is 15.9. The van der Waals surface area contributed by atoms with E-state index in [9.17, 15) is 14.7 Å². The van der Waals surface area contributed by atoms with Crippen molar-refractivity contribution in [2.45, 2.75) is 20.0 Å². The number of benzene rings is 2. The fourth-order valence-corrected chi connectivity index (χ4v) is 2.24. The molecule has 5 nitrogen and oxygen atoms in total. The molecule has 0 amide bonds. The standard InChI is InChI=1S/C17H14O5/c1-9(18)10(2)21-11-7-13(19)16-15(8-11)22-14-6-4-3-5-12(14)17(16)20/h3-8,10,19H,1-2H3/t10-/m1/s1. The van der Waals surface area contributed by atoms with Gasteiger partial charge in [-0.3, -0.25) is 9.59 Å². The SMILES string of the molecule is CC(=O)[C@@H](C)Oc1cc(O)c2c(=O)c3ccccc3oc2c1. The number of phenolic OH excluding ortho intramolecular Hbond substituents is 1. The average molecular weight is 298 g/mol. The number of para-hydroxylation sites is 1. The minimum Gasteiger partial charge on any atom is -0.507 e. The van der Waals surface area contributed by atoms with Crippen LogP contribution >= 0.6 is 0 Å². The van der Waals surface area contributed by atoms with Crippen molar-refractivity contribution in [2.75, 3.05) is 0 Å². The molecule has 2 aromatic carbocycles. The van der Waals surface area contributed by atoms with Crippen molar-refractivity contribution in [1.29, 1.82) is 0 Å². The van der Waals surface area contributed by atoms with E-state index >= 15 is 0 Å². The number of ether oxygens (including phenoxy) is 1. The molecule has 0 saturated carbocycles. The van der Waals surface area contributed by atoms with Gasteiger partial charge >= 0.3 is 0 Å². The van der Waals surface area contributed by atoms with Gasteiger partial charge in [0.05, 0.1) is 5.39 Å². The van der Waals surface area contributed by atoms with Crippen LogP contribution in [0, 0.1) is 0 Å². The number of carbonyl (C=O) groups excluding carboxylic acids is 1. The van der Waals surface area contributed by atoms with Crippen LogP contribution < -0.4 is 10.2 Å². The highest BCUT2D eigenvalue weighted by molar-refractivity contribution is 5.93. The first kappa shape index (κ1) is 14.1. The van der Waals surface area contributed by atoms with Gasteiger partial charge in [0, 0.05) is 12.1 Å². The van der Waals surface area contributed by atoms with E-state index in [2.05, 4.69) is 0 Å². The van der Waals surface area contributed by atoms with Crippen LogP contribution in [-0.2, 0) is 4.79 Å². The Bertz CT molecular complexity index is 939. The first-order chi connectivity index (χ1) is 10.5. The molecule has 5 heteroatoms. The molecular formula is C17H14O5. The predicted octanol–water partition coefficient (Wildman–Crippen LogP) is 3.01. The number of aromatic hydroxyl groups is 1. The summed E-state index contributed by atoms with van der Waals surface area (Å²) < 4.78 is 11.1. The normalized spacial score (nSPS) is 12.5. The minimum absolute atomic E-state index is 0.0986. The summed E-state index contributed by atoms with van der Waals surface area (Å²) in [6.07, 6.45) is -0.649. The fraction of sp³-hybridized carbons (Fsp3) is 0.176. The number of carbonyl (C=O) groups is 1. The van der Waals surface area contributed by atoms with Crippen LogP contribution in [-0.4, -0.2) is 17.0 Å². The van der Waals surface area contributed by atoms with Crippen molar-refractivity contribution in [3.8, 4) is 11.5 Å². The van der Waals surface area contributed by atoms with E-state index in [-0.39, 0.29) is 33.7 Å². The predicted molar refractivity (Wildman–Crippen MR) is 82.4 cm³/mol. The Morgan fingerprint density at radius 1 is 1.23 bits per heavy atom. The zero-order valence-corrected chi connectivity index (χ0v) is 12.1. The van der Waals surface area contributed by atoms with Crippen molar-refractivity contribution in [1.82, 2.24) is 0 Å². The Labute approximate surface area is 125 Å². The van der Waals surface area contributed by atoms with Crippen LogP contribution in [0.1, 0.15) is 13.8 Å². The number of hydrogen-bond donors (Lipinski definition) is 1. The maximum atomic E-state index is 12.4. The van der Waals surface area contributed by atoms with Crippen molar-refractivity contribution in [3.05, 3.63) is 46.6 Å². The van der Waals surface area contributed by atoms with Crippen LogP contribution in [0.4, 0.5) is 0 Å². The van der Waals surface area contributed by atoms with Crippen LogP contribution in [0.15, 0.2) is 45.6 Å². The smallest absolute Gasteiger partial charge is 0.204 e. The third-order valence-corrected chi connectivity index (χ3v) is 3.52. The van der Waals surface area contributed by atoms with Crippen LogP contribution in [0.2, 0.25) is 0 Å². The number of fused-ring (bicyclic) bond motifs is 2. The molecule has 0 aliphatic carbocycles. The van der Waals surface area contributed by atoms with Crippen molar-refractivity contribution in [2.24, 2.45) is 0 Å². The lowest BCUT2D eigenvalue weighted by Crippen LogP contribution is -2.20. The molecule has 1 atom stereocenters. The maximum absolute atomic E-state index is 12.4. The third kappa shape index (κ3) is 2.30. The summed E-state index contributed by atoms with van der Waals surface area (Å²) in [5, 5.41) is 10.6. The highest BCUT2D eigenvalue weighted by atomic mass is 16.5. The summed E-state index contributed by atoms with van der Waals surface area (Å²) in [6.45, 7) is 3.03. The number of rotatable bonds is 3. The second-order valence-electron chi connectivity index (χ2n) is 5.11. The Balaban J connectivity index is 2.24. The molecule has 1 N–H and O–H groups in total. The first-order valence-electron chi connectivity index (χ1n) is 6.83. The van der Waals surface area contributed by atoms with E-state index in [1.807, 2.05) is 0 Å². The highest BCUT2D eigenvalue weighted by Gasteiger charge is 2.15. The van der Waals surface area contributed by atoms with Crippen molar-refractivity contribution in [3.63, 3.8) is 0 Å². The Morgan fingerprint density at radius 3 is 2.68 bits per heavy atom. The lowest BCUT2D eigenvalue weighted by molar-refractivity contribution is -0.122. The molecule has 3 aromatic rings. The molecule has 0 radical (unpaired) electrons. The summed E-state index contributed by atoms with van der Waals surface area (Å²) in [4.78, 5) is 23.7. The molecule has 3 rings (SSSR count). The number of hydrogen-bond acceptors (Lipinski definition) is 5. The van der Waals surface area contributed by atoms with Crippen LogP contribution in [0.3, 0.4) is 0 Å². The average Bonchev–Trinajstić information content (AvgIpc) is 2.46. The van der Waals surface area contributed by atoms with E-state index < -0.39 is 6.10 Å². The molecule has 0 fully saturated rings. The van der Waals surface area contributed by atoms with E-state index in [1.54, 1.807) is 31.2 Å². The lowest BCUT2D eigenvalue weighted by Gasteiger charge is -2.12. The van der Waals surface area contributed by atoms with Crippen LogP contribution in [0.25, 0.3) is 21.9 Å². The topological polar surface area (TPSA) is 76.7 Å². The number of Topliss-reactive ketones (excluding diaryl/α,β-unsaturated/α-hetero) is 1. The Morgan fingerprint density at radius 2 is 1.95 bits per heavy atom. The molecule has 0 unspecified atom stereocenters. The van der Waals surface area contributed by atoms with Crippen LogP contribution in [0.5, 0.6) is 11.5 Å². The third-order valence-electron chi connectivity index (χ3n) is 3.52. The highest BCUT2D eigenvalue weighted by Crippen LogP contribution is 2.30. The monoisotopic (exact) mass is 298 g/mol.